The maximum Gasteiger partial charge on any atom is 0.407 e. The van der Waals surface area contributed by atoms with Gasteiger partial charge in [-0.1, -0.05) is 12.1 Å². The summed E-state index contributed by atoms with van der Waals surface area (Å²) in [6.07, 6.45) is 5.95. The number of nitrogen functional groups attached to an aromatic ring is 1. The zero-order valence-electron chi connectivity index (χ0n) is 22.3. The summed E-state index contributed by atoms with van der Waals surface area (Å²) in [5.74, 6) is 0.903. The highest BCUT2D eigenvalue weighted by Crippen LogP contribution is 2.48. The molecule has 7 rings (SSSR count). The third kappa shape index (κ3) is 4.26. The number of carbonyl (C=O) groups excluding carboxylic acids is 1. The van der Waals surface area contributed by atoms with Gasteiger partial charge in [0, 0.05) is 24.2 Å². The third-order valence-corrected chi connectivity index (χ3v) is 8.19. The summed E-state index contributed by atoms with van der Waals surface area (Å²) in [4.78, 5) is 35.1. The van der Waals surface area contributed by atoms with Gasteiger partial charge in [-0.25, -0.2) is 19.4 Å². The van der Waals surface area contributed by atoms with Crippen LogP contribution in [0.3, 0.4) is 0 Å². The van der Waals surface area contributed by atoms with Crippen LogP contribution in [0.4, 0.5) is 16.3 Å². The Labute approximate surface area is 235 Å². The maximum atomic E-state index is 13.4. The minimum atomic E-state index is -0.961. The van der Waals surface area contributed by atoms with Crippen LogP contribution in [0.1, 0.15) is 53.2 Å². The number of carboxylic acid groups (broad SMARTS) is 1. The van der Waals surface area contributed by atoms with Gasteiger partial charge in [-0.05, 0) is 67.9 Å². The quantitative estimate of drug-likeness (QED) is 0.335. The number of piperidine rings is 1. The molecule has 1 fully saturated rings. The van der Waals surface area contributed by atoms with Crippen molar-refractivity contribution in [3.05, 3.63) is 53.3 Å². The molecule has 0 radical (unpaired) electrons. The number of carbonyl (C=O) groups is 2. The first kappa shape index (κ1) is 25.1. The number of rotatable bonds is 4. The molecule has 1 saturated heterocycles. The minimum Gasteiger partial charge on any atom is -0.465 e. The van der Waals surface area contributed by atoms with E-state index < -0.39 is 6.09 Å². The number of amides is 2. The van der Waals surface area contributed by atoms with Gasteiger partial charge in [-0.15, -0.1) is 0 Å². The van der Waals surface area contributed by atoms with E-state index in [-0.39, 0.29) is 24.6 Å². The number of likely N-dealkylation sites (tertiary alicyclic amines) is 1. The molecule has 1 atom stereocenters. The predicted molar refractivity (Wildman–Crippen MR) is 150 cm³/mol. The summed E-state index contributed by atoms with van der Waals surface area (Å²) < 4.78 is 13.5. The Hall–Kier alpha value is -4.87. The first-order valence-electron chi connectivity index (χ1n) is 13.8. The van der Waals surface area contributed by atoms with Crippen molar-refractivity contribution in [3.8, 4) is 22.8 Å². The van der Waals surface area contributed by atoms with Gasteiger partial charge in [-0.2, -0.15) is 5.10 Å². The number of fused-ring (bicyclic) bond motifs is 3. The van der Waals surface area contributed by atoms with Crippen molar-refractivity contribution in [1.82, 2.24) is 24.6 Å². The number of hydrogen-bond acceptors (Lipinski definition) is 8. The molecule has 0 saturated carbocycles. The molecule has 0 spiro atoms. The molecule has 0 bridgehead atoms. The third-order valence-electron chi connectivity index (χ3n) is 8.19. The lowest BCUT2D eigenvalue weighted by Gasteiger charge is -2.30. The van der Waals surface area contributed by atoms with Crippen LogP contribution in [0, 0.1) is 0 Å². The Bertz CT molecular complexity index is 1700. The van der Waals surface area contributed by atoms with Crippen LogP contribution < -0.4 is 20.5 Å². The maximum absolute atomic E-state index is 13.4. The largest absolute Gasteiger partial charge is 0.465 e. The van der Waals surface area contributed by atoms with E-state index in [9.17, 15) is 14.7 Å². The van der Waals surface area contributed by atoms with Gasteiger partial charge in [0.15, 0.2) is 17.1 Å². The number of nitrogens with two attached hydrogens (primary N) is 1. The topological polar surface area (TPSA) is 158 Å². The van der Waals surface area contributed by atoms with E-state index >= 15 is 0 Å². The minimum absolute atomic E-state index is 0.0171. The second-order valence-electron chi connectivity index (χ2n) is 10.6. The van der Waals surface area contributed by atoms with E-state index in [2.05, 4.69) is 21.4 Å². The number of anilines is 2. The Kier molecular flexibility index (Phi) is 6.10. The second kappa shape index (κ2) is 9.95. The molecule has 4 aromatic rings. The van der Waals surface area contributed by atoms with Gasteiger partial charge in [0.25, 0.3) is 5.91 Å². The molecule has 0 unspecified atom stereocenters. The zero-order chi connectivity index (χ0) is 28.1. The molecule has 12 nitrogen and oxygen atoms in total. The van der Waals surface area contributed by atoms with Crippen LogP contribution >= 0.6 is 0 Å². The fraction of sp³-hybridized carbons (Fsp3) is 0.345. The Balaban J connectivity index is 1.27. The smallest absolute Gasteiger partial charge is 0.407 e. The Morgan fingerprint density at radius 1 is 1.05 bits per heavy atom. The Morgan fingerprint density at radius 3 is 2.78 bits per heavy atom. The first-order valence-corrected chi connectivity index (χ1v) is 13.8. The molecule has 4 heterocycles. The molecular weight excluding hydrogens is 526 g/mol. The lowest BCUT2D eigenvalue weighted by atomic mass is 9.88. The normalized spacial score (nSPS) is 17.9. The van der Waals surface area contributed by atoms with Crippen molar-refractivity contribution in [3.63, 3.8) is 0 Å². The Morgan fingerprint density at radius 2 is 1.90 bits per heavy atom. The highest BCUT2D eigenvalue weighted by molar-refractivity contribution is 6.07. The fourth-order valence-corrected chi connectivity index (χ4v) is 6.23. The van der Waals surface area contributed by atoms with E-state index in [1.165, 1.54) is 16.8 Å². The van der Waals surface area contributed by atoms with E-state index in [0.29, 0.717) is 64.6 Å². The van der Waals surface area contributed by atoms with Crippen LogP contribution in [-0.4, -0.2) is 61.6 Å². The number of aromatic nitrogens is 4. The molecule has 12 heteroatoms. The van der Waals surface area contributed by atoms with Crippen molar-refractivity contribution in [2.45, 2.75) is 44.6 Å². The molecule has 2 amide bonds. The highest BCUT2D eigenvalue weighted by atomic mass is 16.7. The average Bonchev–Trinajstić information content (AvgIpc) is 3.64. The van der Waals surface area contributed by atoms with Crippen LogP contribution in [0.2, 0.25) is 0 Å². The highest BCUT2D eigenvalue weighted by Gasteiger charge is 2.32. The lowest BCUT2D eigenvalue weighted by Crippen LogP contribution is -2.40. The van der Waals surface area contributed by atoms with Crippen molar-refractivity contribution in [1.29, 1.82) is 0 Å². The summed E-state index contributed by atoms with van der Waals surface area (Å²) >= 11 is 0. The van der Waals surface area contributed by atoms with Gasteiger partial charge >= 0.3 is 6.09 Å². The van der Waals surface area contributed by atoms with Crippen LogP contribution in [0.5, 0.6) is 11.5 Å². The molecular formula is C29H29N7O5. The number of nitrogens with zero attached hydrogens (tertiary/aromatic N) is 5. The van der Waals surface area contributed by atoms with Crippen molar-refractivity contribution >= 4 is 34.5 Å². The van der Waals surface area contributed by atoms with Gasteiger partial charge in [0.1, 0.15) is 17.8 Å². The van der Waals surface area contributed by atoms with Gasteiger partial charge in [0.2, 0.25) is 6.79 Å². The number of hydrogen-bond donors (Lipinski definition) is 3. The summed E-state index contributed by atoms with van der Waals surface area (Å²) in [6.45, 7) is 0.755. The summed E-state index contributed by atoms with van der Waals surface area (Å²) in [5, 5.41) is 18.0. The van der Waals surface area contributed by atoms with E-state index in [0.717, 1.165) is 37.7 Å². The molecule has 1 aliphatic carbocycles. The second-order valence-corrected chi connectivity index (χ2v) is 10.6. The predicted octanol–water partition coefficient (Wildman–Crippen LogP) is 4.25. The van der Waals surface area contributed by atoms with Gasteiger partial charge in [0.05, 0.1) is 17.1 Å². The average molecular weight is 556 g/mol. The van der Waals surface area contributed by atoms with E-state index in [4.69, 9.17) is 20.3 Å². The SMILES string of the molecule is Nc1ncnc2c1c(-c1ccc(NC(=O)c3cccc4c3CCCC4)c3c1OCO3)nn2[C@@H]1CCCN(C(=O)O)C1. The zero-order valence-corrected chi connectivity index (χ0v) is 22.3. The number of aryl methyl sites for hydroxylation is 1. The van der Waals surface area contributed by atoms with Gasteiger partial charge in [-0.3, -0.25) is 4.79 Å². The number of benzene rings is 2. The van der Waals surface area contributed by atoms with Crippen LogP contribution in [0.25, 0.3) is 22.3 Å². The van der Waals surface area contributed by atoms with E-state index in [1.54, 1.807) is 10.7 Å². The summed E-state index contributed by atoms with van der Waals surface area (Å²) in [5.41, 5.74) is 11.5. The molecule has 2 aromatic carbocycles. The van der Waals surface area contributed by atoms with Crippen molar-refractivity contribution in [2.24, 2.45) is 0 Å². The summed E-state index contributed by atoms with van der Waals surface area (Å²) in [7, 11) is 0. The van der Waals surface area contributed by atoms with E-state index in [1.807, 2.05) is 18.2 Å². The molecule has 3 aliphatic rings. The van der Waals surface area contributed by atoms with Gasteiger partial charge < -0.3 is 30.5 Å². The standard InChI is InChI=1S/C29H29N7O5/c30-26-22-23(34-36(27(22)32-14-31-26)17-7-4-12-35(13-17)29(38)39)20-10-11-21(25-24(20)40-15-41-25)33-28(37)19-9-3-6-16-5-1-2-8-18(16)19/h3,6,9-11,14,17H,1-2,4-5,7-8,12-13,15H2,(H,33,37)(H,38,39)(H2,30,31,32)/t17-/m1/s1. The summed E-state index contributed by atoms with van der Waals surface area (Å²) in [6, 6.07) is 9.26. The molecule has 210 valence electrons. The van der Waals surface area contributed by atoms with Crippen LogP contribution in [-0.2, 0) is 12.8 Å². The molecule has 2 aliphatic heterocycles. The van der Waals surface area contributed by atoms with Crippen molar-refractivity contribution < 1.29 is 24.2 Å². The monoisotopic (exact) mass is 555 g/mol. The molecule has 4 N–H and O–H groups in total. The lowest BCUT2D eigenvalue weighted by molar-refractivity contribution is 0.102. The molecule has 41 heavy (non-hydrogen) atoms. The molecule has 2 aromatic heterocycles. The first-order chi connectivity index (χ1) is 20.0. The number of nitrogens with one attached hydrogen (secondary N) is 1. The van der Waals surface area contributed by atoms with Crippen molar-refractivity contribution in [2.75, 3.05) is 30.9 Å². The van der Waals surface area contributed by atoms with Crippen LogP contribution in [0.15, 0.2) is 36.7 Å². The fourth-order valence-electron chi connectivity index (χ4n) is 6.23. The number of ether oxygens (including phenoxy) is 2.